The smallest absolute Gasteiger partial charge is 0.236 e. The molecule has 1 aliphatic heterocycles. The third-order valence-electron chi connectivity index (χ3n) is 5.99. The number of nitrogens with one attached hydrogen (secondary N) is 1. The quantitative estimate of drug-likeness (QED) is 0.716. The summed E-state index contributed by atoms with van der Waals surface area (Å²) >= 11 is 1.60. The second kappa shape index (κ2) is 10.1. The van der Waals surface area contributed by atoms with Crippen molar-refractivity contribution in [2.45, 2.75) is 51.4 Å². The lowest BCUT2D eigenvalue weighted by Gasteiger charge is -2.29. The molecule has 0 radical (unpaired) electrons. The van der Waals surface area contributed by atoms with Crippen LogP contribution in [-0.2, 0) is 27.7 Å². The second-order valence-corrected chi connectivity index (χ2v) is 11.1. The van der Waals surface area contributed by atoms with Crippen LogP contribution in [0, 0.1) is 5.92 Å². The maximum absolute atomic E-state index is 12.8. The van der Waals surface area contributed by atoms with Crippen molar-refractivity contribution >= 4 is 38.5 Å². The van der Waals surface area contributed by atoms with Crippen molar-refractivity contribution < 1.29 is 13.2 Å². The summed E-state index contributed by atoms with van der Waals surface area (Å²) in [6, 6.07) is 9.37. The topological polar surface area (TPSA) is 79.4 Å². The van der Waals surface area contributed by atoms with Gasteiger partial charge in [-0.25, -0.2) is 13.4 Å². The first-order chi connectivity index (χ1) is 15.0. The molecule has 2 aromatic rings. The van der Waals surface area contributed by atoms with Crippen molar-refractivity contribution in [3.05, 3.63) is 51.9 Å². The third kappa shape index (κ3) is 5.81. The van der Waals surface area contributed by atoms with E-state index in [-0.39, 0.29) is 11.8 Å². The first kappa shape index (κ1) is 22.2. The SMILES string of the molecule is O=C(Nc1nc2c(s1)CCCCCC2)C1CCN(S(=O)(=O)/C=C/c2ccccc2)CC1. The number of thiazole rings is 1. The minimum Gasteiger partial charge on any atom is -0.302 e. The molecule has 1 saturated heterocycles. The number of hydrogen-bond acceptors (Lipinski definition) is 5. The predicted molar refractivity (Wildman–Crippen MR) is 125 cm³/mol. The van der Waals surface area contributed by atoms with Gasteiger partial charge in [-0.15, -0.1) is 11.3 Å². The van der Waals surface area contributed by atoms with E-state index in [9.17, 15) is 13.2 Å². The average molecular weight is 460 g/mol. The van der Waals surface area contributed by atoms with E-state index in [2.05, 4.69) is 10.3 Å². The zero-order valence-electron chi connectivity index (χ0n) is 17.6. The molecule has 1 fully saturated rings. The normalized spacial score (nSPS) is 19.0. The Morgan fingerprint density at radius 2 is 1.77 bits per heavy atom. The van der Waals surface area contributed by atoms with Crippen LogP contribution in [0.1, 0.15) is 54.7 Å². The summed E-state index contributed by atoms with van der Waals surface area (Å²) in [5, 5.41) is 4.95. The molecule has 1 amide bonds. The highest BCUT2D eigenvalue weighted by molar-refractivity contribution is 7.92. The molecule has 2 aliphatic rings. The minimum absolute atomic E-state index is 0.0430. The van der Waals surface area contributed by atoms with Gasteiger partial charge in [0.2, 0.25) is 15.9 Å². The Bertz CT molecular complexity index is 998. The Labute approximate surface area is 188 Å². The number of fused-ring (bicyclic) bond motifs is 1. The van der Waals surface area contributed by atoms with Crippen molar-refractivity contribution in [1.29, 1.82) is 0 Å². The molecule has 1 N–H and O–H groups in total. The van der Waals surface area contributed by atoms with Gasteiger partial charge in [0, 0.05) is 29.3 Å². The highest BCUT2D eigenvalue weighted by Crippen LogP contribution is 2.29. The predicted octanol–water partition coefficient (Wildman–Crippen LogP) is 4.45. The van der Waals surface area contributed by atoms with E-state index < -0.39 is 10.0 Å². The number of hydrogen-bond donors (Lipinski definition) is 1. The molecular weight excluding hydrogens is 430 g/mol. The summed E-state index contributed by atoms with van der Waals surface area (Å²) in [6.07, 6.45) is 9.57. The van der Waals surface area contributed by atoms with E-state index in [0.29, 0.717) is 31.1 Å². The van der Waals surface area contributed by atoms with Gasteiger partial charge >= 0.3 is 0 Å². The van der Waals surface area contributed by atoms with Gasteiger partial charge in [-0.05, 0) is 50.2 Å². The van der Waals surface area contributed by atoms with Gasteiger partial charge in [-0.2, -0.15) is 4.31 Å². The molecule has 1 aromatic heterocycles. The van der Waals surface area contributed by atoms with Crippen molar-refractivity contribution in [2.75, 3.05) is 18.4 Å². The second-order valence-electron chi connectivity index (χ2n) is 8.22. The highest BCUT2D eigenvalue weighted by atomic mass is 32.2. The number of piperidine rings is 1. The van der Waals surface area contributed by atoms with Crippen LogP contribution in [0.3, 0.4) is 0 Å². The van der Waals surface area contributed by atoms with Gasteiger partial charge < -0.3 is 5.32 Å². The Kier molecular flexibility index (Phi) is 7.20. The molecule has 6 nitrogen and oxygen atoms in total. The fourth-order valence-electron chi connectivity index (χ4n) is 4.15. The zero-order valence-corrected chi connectivity index (χ0v) is 19.3. The molecule has 8 heteroatoms. The molecule has 2 heterocycles. The summed E-state index contributed by atoms with van der Waals surface area (Å²) in [5.74, 6) is -0.227. The Balaban J connectivity index is 1.31. The standard InChI is InChI=1S/C23H29N3O3S2/c27-22(25-23-24-20-10-6-1-2-7-11-21(20)30-23)19-12-15-26(16-13-19)31(28,29)17-14-18-8-4-3-5-9-18/h3-5,8-9,14,17,19H,1-2,6-7,10-13,15-16H2,(H,24,25,27)/b17-14+. The summed E-state index contributed by atoms with van der Waals surface area (Å²) in [7, 11) is -3.49. The number of benzene rings is 1. The van der Waals surface area contributed by atoms with E-state index in [4.69, 9.17) is 0 Å². The van der Waals surface area contributed by atoms with E-state index in [0.717, 1.165) is 30.5 Å². The van der Waals surface area contributed by atoms with Gasteiger partial charge in [-0.3, -0.25) is 4.79 Å². The molecule has 0 saturated carbocycles. The van der Waals surface area contributed by atoms with Gasteiger partial charge in [0.05, 0.1) is 5.69 Å². The summed E-state index contributed by atoms with van der Waals surface area (Å²) in [4.78, 5) is 18.7. The molecule has 0 atom stereocenters. The molecule has 0 bridgehead atoms. The zero-order chi connectivity index (χ0) is 21.7. The number of nitrogens with zero attached hydrogens (tertiary/aromatic N) is 2. The fraction of sp³-hybridized carbons (Fsp3) is 0.478. The van der Waals surface area contributed by atoms with Crippen LogP contribution < -0.4 is 5.32 Å². The van der Waals surface area contributed by atoms with Crippen molar-refractivity contribution in [3.63, 3.8) is 0 Å². The number of amides is 1. The van der Waals surface area contributed by atoms with E-state index in [1.54, 1.807) is 17.4 Å². The number of sulfonamides is 1. The Morgan fingerprint density at radius 1 is 1.06 bits per heavy atom. The van der Waals surface area contributed by atoms with Gasteiger partial charge in [0.15, 0.2) is 5.13 Å². The van der Waals surface area contributed by atoms with Crippen LogP contribution in [0.4, 0.5) is 5.13 Å². The highest BCUT2D eigenvalue weighted by Gasteiger charge is 2.30. The lowest BCUT2D eigenvalue weighted by atomic mass is 9.97. The number of carbonyl (C=O) groups is 1. The minimum atomic E-state index is -3.49. The number of carbonyl (C=O) groups excluding carboxylic acids is 1. The van der Waals surface area contributed by atoms with Crippen LogP contribution >= 0.6 is 11.3 Å². The van der Waals surface area contributed by atoms with Gasteiger partial charge in [0.1, 0.15) is 0 Å². The number of aryl methyl sites for hydroxylation is 2. The number of aromatic nitrogens is 1. The molecule has 0 unspecified atom stereocenters. The van der Waals surface area contributed by atoms with Crippen molar-refractivity contribution in [2.24, 2.45) is 5.92 Å². The number of rotatable bonds is 5. The molecular formula is C23H29N3O3S2. The largest absolute Gasteiger partial charge is 0.302 e. The lowest BCUT2D eigenvalue weighted by Crippen LogP contribution is -2.40. The first-order valence-electron chi connectivity index (χ1n) is 11.0. The van der Waals surface area contributed by atoms with Gasteiger partial charge in [-0.1, -0.05) is 43.2 Å². The summed E-state index contributed by atoms with van der Waals surface area (Å²) < 4.78 is 26.7. The van der Waals surface area contributed by atoms with E-state index in [1.165, 1.54) is 33.9 Å². The summed E-state index contributed by atoms with van der Waals surface area (Å²) in [5.41, 5.74) is 1.99. The molecule has 31 heavy (non-hydrogen) atoms. The van der Waals surface area contributed by atoms with Crippen molar-refractivity contribution in [3.8, 4) is 0 Å². The maximum atomic E-state index is 12.8. The molecule has 1 aromatic carbocycles. The average Bonchev–Trinajstić information content (AvgIpc) is 3.13. The number of anilines is 1. The maximum Gasteiger partial charge on any atom is 0.236 e. The lowest BCUT2D eigenvalue weighted by molar-refractivity contribution is -0.120. The first-order valence-corrected chi connectivity index (χ1v) is 13.4. The Hall–Kier alpha value is -2.03. The summed E-state index contributed by atoms with van der Waals surface area (Å²) in [6.45, 7) is 0.710. The van der Waals surface area contributed by atoms with Crippen molar-refractivity contribution in [1.82, 2.24) is 9.29 Å². The van der Waals surface area contributed by atoms with Crippen LogP contribution in [0.15, 0.2) is 35.7 Å². The Morgan fingerprint density at radius 3 is 2.52 bits per heavy atom. The van der Waals surface area contributed by atoms with E-state index >= 15 is 0 Å². The van der Waals surface area contributed by atoms with Crippen LogP contribution in [0.2, 0.25) is 0 Å². The fourth-order valence-corrected chi connectivity index (χ4v) is 6.43. The molecule has 0 spiro atoms. The monoisotopic (exact) mass is 459 g/mol. The van der Waals surface area contributed by atoms with E-state index in [1.807, 2.05) is 30.3 Å². The third-order valence-corrected chi connectivity index (χ3v) is 8.63. The molecule has 4 rings (SSSR count). The van der Waals surface area contributed by atoms with Crippen LogP contribution in [-0.4, -0.2) is 36.7 Å². The molecule has 166 valence electrons. The van der Waals surface area contributed by atoms with Crippen LogP contribution in [0.25, 0.3) is 6.08 Å². The van der Waals surface area contributed by atoms with Crippen LogP contribution in [0.5, 0.6) is 0 Å². The van der Waals surface area contributed by atoms with Gasteiger partial charge in [0.25, 0.3) is 0 Å². The molecule has 1 aliphatic carbocycles.